The first-order chi connectivity index (χ1) is 9.31. The summed E-state index contributed by atoms with van der Waals surface area (Å²) in [5, 5.41) is 9.91. The molecule has 1 nitrogen and oxygen atoms in total. The zero-order valence-corrected chi connectivity index (χ0v) is 10.2. The van der Waals surface area contributed by atoms with Gasteiger partial charge in [-0.15, -0.1) is 0 Å². The van der Waals surface area contributed by atoms with Gasteiger partial charge in [-0.1, -0.05) is 0 Å². The van der Waals surface area contributed by atoms with Crippen LogP contribution in [0.2, 0.25) is 0 Å². The Bertz CT molecular complexity index is 646. The molecule has 0 aliphatic heterocycles. The third-order valence-electron chi connectivity index (χ3n) is 2.89. The fraction of sp³-hybridized carbons (Fsp3) is 0.143. The van der Waals surface area contributed by atoms with E-state index in [-0.39, 0.29) is 16.7 Å². The normalized spacial score (nSPS) is 12.6. The summed E-state index contributed by atoms with van der Waals surface area (Å²) >= 11 is 0. The summed E-state index contributed by atoms with van der Waals surface area (Å²) in [4.78, 5) is 0. The molecular formula is C14H9F5O. The Hall–Kier alpha value is -1.95. The zero-order chi connectivity index (χ0) is 15.0. The Morgan fingerprint density at radius 1 is 0.800 bits per heavy atom. The Balaban J connectivity index is 2.51. The second kappa shape index (κ2) is 5.20. The molecule has 0 aromatic heterocycles. The molecule has 20 heavy (non-hydrogen) atoms. The average Bonchev–Trinajstić information content (AvgIpc) is 2.38. The van der Waals surface area contributed by atoms with Crippen LogP contribution in [0.15, 0.2) is 24.3 Å². The molecule has 1 N–H and O–H groups in total. The van der Waals surface area contributed by atoms with Crippen LogP contribution in [0.4, 0.5) is 22.0 Å². The maximum absolute atomic E-state index is 13.6. The van der Waals surface area contributed by atoms with E-state index in [1.807, 2.05) is 0 Å². The maximum atomic E-state index is 13.6. The predicted octanol–water partition coefficient (Wildman–Crippen LogP) is 3.77. The quantitative estimate of drug-likeness (QED) is 0.659. The molecule has 0 aliphatic carbocycles. The Labute approximate surface area is 111 Å². The van der Waals surface area contributed by atoms with Gasteiger partial charge in [0.2, 0.25) is 0 Å². The molecule has 0 heterocycles. The lowest BCUT2D eigenvalue weighted by molar-refractivity contribution is 0.213. The number of aryl methyl sites for hydroxylation is 1. The second-order valence-corrected chi connectivity index (χ2v) is 4.32. The van der Waals surface area contributed by atoms with Gasteiger partial charge in [0.25, 0.3) is 0 Å². The van der Waals surface area contributed by atoms with Crippen molar-refractivity contribution in [1.82, 2.24) is 0 Å². The Morgan fingerprint density at radius 3 is 1.90 bits per heavy atom. The third kappa shape index (κ3) is 2.51. The van der Waals surface area contributed by atoms with Crippen LogP contribution in [-0.2, 0) is 0 Å². The lowest BCUT2D eigenvalue weighted by Crippen LogP contribution is -2.06. The Morgan fingerprint density at radius 2 is 1.35 bits per heavy atom. The molecule has 0 radical (unpaired) electrons. The highest BCUT2D eigenvalue weighted by atomic mass is 19.2. The van der Waals surface area contributed by atoms with Crippen molar-refractivity contribution in [1.29, 1.82) is 0 Å². The lowest BCUT2D eigenvalue weighted by atomic mass is 9.99. The van der Waals surface area contributed by atoms with Gasteiger partial charge in [-0.2, -0.15) is 0 Å². The highest BCUT2D eigenvalue weighted by molar-refractivity contribution is 5.34. The molecule has 2 rings (SSSR count). The molecule has 0 bridgehead atoms. The van der Waals surface area contributed by atoms with Crippen molar-refractivity contribution in [3.8, 4) is 0 Å². The van der Waals surface area contributed by atoms with Crippen LogP contribution < -0.4 is 0 Å². The van der Waals surface area contributed by atoms with Crippen molar-refractivity contribution in [3.63, 3.8) is 0 Å². The molecule has 0 saturated heterocycles. The molecule has 6 heteroatoms. The number of aliphatic hydroxyl groups is 1. The summed E-state index contributed by atoms with van der Waals surface area (Å²) in [5.41, 5.74) is -0.663. The largest absolute Gasteiger partial charge is 0.384 e. The van der Waals surface area contributed by atoms with Crippen LogP contribution in [0.3, 0.4) is 0 Å². The van der Waals surface area contributed by atoms with Gasteiger partial charge >= 0.3 is 0 Å². The van der Waals surface area contributed by atoms with Crippen molar-refractivity contribution in [2.24, 2.45) is 0 Å². The van der Waals surface area contributed by atoms with Gasteiger partial charge in [0.05, 0.1) is 0 Å². The third-order valence-corrected chi connectivity index (χ3v) is 2.89. The minimum absolute atomic E-state index is 0.0588. The van der Waals surface area contributed by atoms with Crippen LogP contribution in [0, 0.1) is 36.0 Å². The second-order valence-electron chi connectivity index (χ2n) is 4.32. The van der Waals surface area contributed by atoms with Crippen molar-refractivity contribution in [2.75, 3.05) is 0 Å². The van der Waals surface area contributed by atoms with E-state index in [4.69, 9.17) is 0 Å². The van der Waals surface area contributed by atoms with Crippen LogP contribution in [0.25, 0.3) is 0 Å². The summed E-state index contributed by atoms with van der Waals surface area (Å²) in [6.45, 7) is 1.34. The highest BCUT2D eigenvalue weighted by Crippen LogP contribution is 2.28. The number of hydrogen-bond acceptors (Lipinski definition) is 1. The number of benzene rings is 2. The number of hydrogen-bond donors (Lipinski definition) is 1. The standard InChI is InChI=1S/C14H9F5O/c1-6-2-8(10(16)5-9(6)15)14(20)7-3-11(17)13(19)12(18)4-7/h2-5,14,20H,1H3. The molecule has 0 amide bonds. The predicted molar refractivity (Wildman–Crippen MR) is 61.5 cm³/mol. The zero-order valence-electron chi connectivity index (χ0n) is 10.2. The fourth-order valence-corrected chi connectivity index (χ4v) is 1.80. The van der Waals surface area contributed by atoms with Gasteiger partial charge < -0.3 is 5.11 Å². The first-order valence-electron chi connectivity index (χ1n) is 5.59. The molecule has 2 aromatic carbocycles. The van der Waals surface area contributed by atoms with E-state index in [0.29, 0.717) is 18.2 Å². The summed E-state index contributed by atoms with van der Waals surface area (Å²) < 4.78 is 65.7. The smallest absolute Gasteiger partial charge is 0.194 e. The fourth-order valence-electron chi connectivity index (χ4n) is 1.80. The van der Waals surface area contributed by atoms with E-state index < -0.39 is 35.2 Å². The summed E-state index contributed by atoms with van der Waals surface area (Å²) in [5.74, 6) is -6.56. The molecular weight excluding hydrogens is 279 g/mol. The van der Waals surface area contributed by atoms with Crippen molar-refractivity contribution < 1.29 is 27.1 Å². The minimum Gasteiger partial charge on any atom is -0.384 e. The molecule has 1 unspecified atom stereocenters. The first kappa shape index (κ1) is 14.5. The van der Waals surface area contributed by atoms with Gasteiger partial charge in [0.15, 0.2) is 17.5 Å². The minimum atomic E-state index is -1.74. The van der Waals surface area contributed by atoms with Crippen LogP contribution in [-0.4, -0.2) is 5.11 Å². The highest BCUT2D eigenvalue weighted by Gasteiger charge is 2.20. The van der Waals surface area contributed by atoms with Gasteiger partial charge in [-0.3, -0.25) is 0 Å². The molecule has 0 fully saturated rings. The van der Waals surface area contributed by atoms with Crippen LogP contribution in [0.5, 0.6) is 0 Å². The van der Waals surface area contributed by atoms with E-state index >= 15 is 0 Å². The molecule has 106 valence electrons. The SMILES string of the molecule is Cc1cc(C(O)c2cc(F)c(F)c(F)c2)c(F)cc1F. The molecule has 1 atom stereocenters. The van der Waals surface area contributed by atoms with E-state index in [2.05, 4.69) is 0 Å². The topological polar surface area (TPSA) is 20.2 Å². The average molecular weight is 288 g/mol. The van der Waals surface area contributed by atoms with Crippen molar-refractivity contribution in [2.45, 2.75) is 13.0 Å². The molecule has 0 spiro atoms. The van der Waals surface area contributed by atoms with Gasteiger partial charge in [-0.25, -0.2) is 22.0 Å². The van der Waals surface area contributed by atoms with Crippen molar-refractivity contribution in [3.05, 3.63) is 70.0 Å². The monoisotopic (exact) mass is 288 g/mol. The van der Waals surface area contributed by atoms with Gasteiger partial charge in [-0.05, 0) is 36.2 Å². The van der Waals surface area contributed by atoms with Crippen LogP contribution >= 0.6 is 0 Å². The van der Waals surface area contributed by atoms with E-state index in [1.54, 1.807) is 0 Å². The summed E-state index contributed by atoms with van der Waals surface area (Å²) in [7, 11) is 0. The van der Waals surface area contributed by atoms with E-state index in [9.17, 15) is 27.1 Å². The van der Waals surface area contributed by atoms with Gasteiger partial charge in [0.1, 0.15) is 17.7 Å². The summed E-state index contributed by atoms with van der Waals surface area (Å²) in [6.07, 6.45) is -1.74. The first-order valence-corrected chi connectivity index (χ1v) is 5.59. The number of halogens is 5. The number of rotatable bonds is 2. The van der Waals surface area contributed by atoms with Crippen molar-refractivity contribution >= 4 is 0 Å². The van der Waals surface area contributed by atoms with E-state index in [0.717, 1.165) is 6.07 Å². The Kier molecular flexibility index (Phi) is 3.76. The lowest BCUT2D eigenvalue weighted by Gasteiger charge is -2.14. The maximum Gasteiger partial charge on any atom is 0.194 e. The molecule has 0 aliphatic rings. The van der Waals surface area contributed by atoms with Crippen LogP contribution in [0.1, 0.15) is 22.8 Å². The van der Waals surface area contributed by atoms with E-state index in [1.165, 1.54) is 6.92 Å². The summed E-state index contributed by atoms with van der Waals surface area (Å²) in [6, 6.07) is 2.70. The molecule has 0 saturated carbocycles. The molecule has 2 aromatic rings. The number of aliphatic hydroxyl groups excluding tert-OH is 1. The van der Waals surface area contributed by atoms with Gasteiger partial charge in [0, 0.05) is 11.6 Å².